The molecule has 1 saturated heterocycles. The fourth-order valence-corrected chi connectivity index (χ4v) is 1.81. The zero-order chi connectivity index (χ0) is 13.4. The molecule has 6 heteroatoms. The first-order chi connectivity index (χ1) is 8.37. The Hall–Kier alpha value is -1.40. The Morgan fingerprint density at radius 3 is 2.17 bits per heavy atom. The average Bonchev–Trinajstić information content (AvgIpc) is 2.49. The summed E-state index contributed by atoms with van der Waals surface area (Å²) < 4.78 is 11.9. The van der Waals surface area contributed by atoms with E-state index in [9.17, 15) is 0 Å². The second-order valence-electron chi connectivity index (χ2n) is 5.36. The standard InChI is InChI=1S/C12H18BN3O2/c1-11(2)12(3,4)18-13(17-11)9-7-5-6-8-10(9)15-16-14/h5-8H,1-4H3,(H2,14,15). The molecule has 18 heavy (non-hydrogen) atoms. The van der Waals surface area contributed by atoms with E-state index in [1.54, 1.807) is 0 Å². The van der Waals surface area contributed by atoms with Crippen molar-refractivity contribution in [2.45, 2.75) is 38.9 Å². The highest BCUT2D eigenvalue weighted by Crippen LogP contribution is 2.37. The highest BCUT2D eigenvalue weighted by molar-refractivity contribution is 6.63. The van der Waals surface area contributed by atoms with Gasteiger partial charge in [-0.2, -0.15) is 0 Å². The molecular formula is C12H18BN3O2. The molecule has 0 aliphatic carbocycles. The summed E-state index contributed by atoms with van der Waals surface area (Å²) in [6.45, 7) is 8.06. The van der Waals surface area contributed by atoms with Crippen molar-refractivity contribution >= 4 is 18.3 Å². The van der Waals surface area contributed by atoms with Crippen LogP contribution in [0.15, 0.2) is 34.6 Å². The molecule has 0 aromatic heterocycles. The summed E-state index contributed by atoms with van der Waals surface area (Å²) >= 11 is 0. The van der Waals surface area contributed by atoms with Crippen molar-refractivity contribution in [3.05, 3.63) is 24.3 Å². The van der Waals surface area contributed by atoms with Crippen molar-refractivity contribution in [3.63, 3.8) is 0 Å². The molecule has 5 nitrogen and oxygen atoms in total. The van der Waals surface area contributed by atoms with Crippen molar-refractivity contribution in [1.29, 1.82) is 0 Å². The number of nitrogens with zero attached hydrogens (tertiary/aromatic N) is 2. The van der Waals surface area contributed by atoms with Gasteiger partial charge in [-0.25, -0.2) is 0 Å². The minimum atomic E-state index is -0.448. The zero-order valence-electron chi connectivity index (χ0n) is 11.2. The molecule has 0 spiro atoms. The molecule has 0 bridgehead atoms. The number of rotatable bonds is 2. The summed E-state index contributed by atoms with van der Waals surface area (Å²) in [6, 6.07) is 7.53. The SMILES string of the molecule is CC1(C)OB(c2ccccc2N=NN)OC1(C)C. The van der Waals surface area contributed by atoms with Crippen LogP contribution in [-0.4, -0.2) is 18.3 Å². The largest absolute Gasteiger partial charge is 0.497 e. The quantitative estimate of drug-likeness (QED) is 0.376. The van der Waals surface area contributed by atoms with E-state index in [1.165, 1.54) is 0 Å². The van der Waals surface area contributed by atoms with Crippen molar-refractivity contribution in [1.82, 2.24) is 0 Å². The molecule has 0 unspecified atom stereocenters. The lowest BCUT2D eigenvalue weighted by molar-refractivity contribution is 0.00578. The van der Waals surface area contributed by atoms with E-state index in [0.29, 0.717) is 5.69 Å². The van der Waals surface area contributed by atoms with Crippen molar-refractivity contribution in [2.24, 2.45) is 16.2 Å². The maximum Gasteiger partial charge on any atom is 0.497 e. The number of hydrogen-bond acceptors (Lipinski definition) is 4. The van der Waals surface area contributed by atoms with Crippen LogP contribution in [0.3, 0.4) is 0 Å². The molecule has 0 amide bonds. The van der Waals surface area contributed by atoms with Gasteiger partial charge in [0.25, 0.3) is 0 Å². The van der Waals surface area contributed by atoms with E-state index in [0.717, 1.165) is 5.46 Å². The van der Waals surface area contributed by atoms with Crippen LogP contribution in [0, 0.1) is 0 Å². The normalized spacial score (nSPS) is 21.7. The predicted octanol–water partition coefficient (Wildman–Crippen LogP) is 1.94. The highest BCUT2D eigenvalue weighted by atomic mass is 16.7. The second kappa shape index (κ2) is 4.37. The van der Waals surface area contributed by atoms with Crippen LogP contribution in [-0.2, 0) is 9.31 Å². The molecular weight excluding hydrogens is 229 g/mol. The minimum absolute atomic E-state index is 0.370. The fourth-order valence-electron chi connectivity index (χ4n) is 1.81. The predicted molar refractivity (Wildman–Crippen MR) is 70.9 cm³/mol. The molecule has 2 rings (SSSR count). The molecule has 1 aromatic carbocycles. The van der Waals surface area contributed by atoms with E-state index in [4.69, 9.17) is 15.2 Å². The van der Waals surface area contributed by atoms with Crippen LogP contribution in [0.2, 0.25) is 0 Å². The van der Waals surface area contributed by atoms with Gasteiger partial charge < -0.3 is 15.2 Å². The first-order valence-electron chi connectivity index (χ1n) is 5.93. The smallest absolute Gasteiger partial charge is 0.399 e. The minimum Gasteiger partial charge on any atom is -0.399 e. The van der Waals surface area contributed by atoms with Gasteiger partial charge >= 0.3 is 7.12 Å². The average molecular weight is 247 g/mol. The van der Waals surface area contributed by atoms with Crippen LogP contribution < -0.4 is 11.3 Å². The monoisotopic (exact) mass is 247 g/mol. The lowest BCUT2D eigenvalue weighted by Gasteiger charge is -2.32. The van der Waals surface area contributed by atoms with Gasteiger partial charge in [-0.05, 0) is 33.8 Å². The van der Waals surface area contributed by atoms with Gasteiger partial charge in [0, 0.05) is 5.46 Å². The van der Waals surface area contributed by atoms with Crippen molar-refractivity contribution < 1.29 is 9.31 Å². The van der Waals surface area contributed by atoms with Crippen LogP contribution in [0.4, 0.5) is 5.69 Å². The molecule has 1 aliphatic heterocycles. The lowest BCUT2D eigenvalue weighted by Crippen LogP contribution is -2.41. The summed E-state index contributed by atoms with van der Waals surface area (Å²) in [5.74, 6) is 5.11. The van der Waals surface area contributed by atoms with E-state index in [1.807, 2.05) is 52.0 Å². The Labute approximate surface area is 107 Å². The molecule has 1 heterocycles. The molecule has 1 fully saturated rings. The molecule has 1 aromatic rings. The number of nitrogens with two attached hydrogens (primary N) is 1. The third-order valence-electron chi connectivity index (χ3n) is 3.61. The van der Waals surface area contributed by atoms with Crippen LogP contribution in [0.5, 0.6) is 0 Å². The van der Waals surface area contributed by atoms with Gasteiger partial charge in [-0.1, -0.05) is 23.4 Å². The van der Waals surface area contributed by atoms with Crippen LogP contribution in [0.25, 0.3) is 0 Å². The van der Waals surface area contributed by atoms with E-state index in [-0.39, 0.29) is 11.2 Å². The van der Waals surface area contributed by atoms with Gasteiger partial charge in [0.05, 0.1) is 16.9 Å². The Morgan fingerprint density at radius 1 is 1.06 bits per heavy atom. The Balaban J connectivity index is 2.35. The van der Waals surface area contributed by atoms with Crippen LogP contribution >= 0.6 is 0 Å². The molecule has 0 atom stereocenters. The first kappa shape index (κ1) is 13.0. The molecule has 0 radical (unpaired) electrons. The van der Waals surface area contributed by atoms with Crippen LogP contribution in [0.1, 0.15) is 27.7 Å². The van der Waals surface area contributed by atoms with Crippen molar-refractivity contribution in [3.8, 4) is 0 Å². The maximum absolute atomic E-state index is 5.97. The fraction of sp³-hybridized carbons (Fsp3) is 0.500. The third-order valence-corrected chi connectivity index (χ3v) is 3.61. The second-order valence-corrected chi connectivity index (χ2v) is 5.36. The molecule has 96 valence electrons. The lowest BCUT2D eigenvalue weighted by atomic mass is 9.78. The summed E-state index contributed by atoms with van der Waals surface area (Å²) in [4.78, 5) is 0. The van der Waals surface area contributed by atoms with Gasteiger partial charge in [0.2, 0.25) is 0 Å². The first-order valence-corrected chi connectivity index (χ1v) is 5.93. The summed E-state index contributed by atoms with van der Waals surface area (Å²) in [5, 5.41) is 7.21. The molecule has 2 N–H and O–H groups in total. The highest BCUT2D eigenvalue weighted by Gasteiger charge is 2.52. The van der Waals surface area contributed by atoms with Gasteiger partial charge in [-0.3, -0.25) is 0 Å². The van der Waals surface area contributed by atoms with Gasteiger partial charge in [0.15, 0.2) is 0 Å². The van der Waals surface area contributed by atoms with Gasteiger partial charge in [0.1, 0.15) is 0 Å². The number of benzene rings is 1. The Bertz CT molecular complexity index is 458. The van der Waals surface area contributed by atoms with E-state index in [2.05, 4.69) is 10.3 Å². The summed E-state index contributed by atoms with van der Waals surface area (Å²) in [6.07, 6.45) is 0. The van der Waals surface area contributed by atoms with E-state index < -0.39 is 7.12 Å². The topological polar surface area (TPSA) is 69.2 Å². The Kier molecular flexibility index (Phi) is 3.17. The molecule has 1 aliphatic rings. The van der Waals surface area contributed by atoms with E-state index >= 15 is 0 Å². The summed E-state index contributed by atoms with van der Waals surface area (Å²) in [7, 11) is -0.448. The zero-order valence-corrected chi connectivity index (χ0v) is 11.2. The van der Waals surface area contributed by atoms with Gasteiger partial charge in [-0.15, -0.1) is 5.11 Å². The number of hydrogen-bond donors (Lipinski definition) is 1. The van der Waals surface area contributed by atoms with Crippen molar-refractivity contribution in [2.75, 3.05) is 0 Å². The summed E-state index contributed by atoms with van der Waals surface area (Å²) in [5.41, 5.74) is 0.763. The maximum atomic E-state index is 5.97. The molecule has 0 saturated carbocycles. The third kappa shape index (κ3) is 2.13. The Morgan fingerprint density at radius 2 is 1.61 bits per heavy atom.